The topological polar surface area (TPSA) is 30.5 Å². The first kappa shape index (κ1) is 15.3. The van der Waals surface area contributed by atoms with Crippen molar-refractivity contribution in [1.29, 1.82) is 0 Å². The summed E-state index contributed by atoms with van der Waals surface area (Å²) in [5.41, 5.74) is 1.58. The number of ether oxygens (including phenoxy) is 2. The Kier molecular flexibility index (Phi) is 5.58. The van der Waals surface area contributed by atoms with Crippen molar-refractivity contribution in [3.05, 3.63) is 59.4 Å². The third-order valence-corrected chi connectivity index (χ3v) is 3.02. The van der Waals surface area contributed by atoms with E-state index < -0.39 is 0 Å². The highest BCUT2D eigenvalue weighted by molar-refractivity contribution is 5.32. The van der Waals surface area contributed by atoms with E-state index in [1.165, 1.54) is 6.07 Å². The average Bonchev–Trinajstić information content (AvgIpc) is 2.50. The summed E-state index contributed by atoms with van der Waals surface area (Å²) in [4.78, 5) is 0. The normalized spacial score (nSPS) is 10.4. The summed E-state index contributed by atoms with van der Waals surface area (Å²) >= 11 is 0. The van der Waals surface area contributed by atoms with Crippen LogP contribution in [0.1, 0.15) is 18.1 Å². The summed E-state index contributed by atoms with van der Waals surface area (Å²) in [7, 11) is 1.86. The summed E-state index contributed by atoms with van der Waals surface area (Å²) in [6.45, 7) is 3.47. The Hall–Kier alpha value is -2.07. The second-order valence-corrected chi connectivity index (χ2v) is 4.65. The van der Waals surface area contributed by atoms with Crippen LogP contribution in [0.2, 0.25) is 0 Å². The van der Waals surface area contributed by atoms with E-state index in [1.54, 1.807) is 6.07 Å². The number of benzene rings is 2. The molecule has 0 bridgehead atoms. The van der Waals surface area contributed by atoms with Crippen LogP contribution in [0.25, 0.3) is 0 Å². The fourth-order valence-electron chi connectivity index (χ4n) is 2.01. The van der Waals surface area contributed by atoms with Gasteiger partial charge in [-0.2, -0.15) is 0 Å². The smallest absolute Gasteiger partial charge is 0.129 e. The molecule has 0 aliphatic rings. The van der Waals surface area contributed by atoms with Gasteiger partial charge < -0.3 is 14.8 Å². The summed E-state index contributed by atoms with van der Waals surface area (Å²) < 4.78 is 24.7. The number of rotatable bonds is 7. The minimum absolute atomic E-state index is 0.206. The number of hydrogen-bond donors (Lipinski definition) is 1. The van der Waals surface area contributed by atoms with Crippen LogP contribution < -0.4 is 14.8 Å². The van der Waals surface area contributed by atoms with Crippen LogP contribution in [0.3, 0.4) is 0 Å². The summed E-state index contributed by atoms with van der Waals surface area (Å²) in [5, 5.41) is 3.05. The standard InChI is InChI=1S/C17H20FNO2/c1-3-20-15-5-7-16(8-6-15)21-12-14-10-13(11-19-2)4-9-17(14)18/h4-10,19H,3,11-12H2,1-2H3. The highest BCUT2D eigenvalue weighted by Crippen LogP contribution is 2.19. The molecule has 0 aliphatic carbocycles. The molecule has 0 saturated carbocycles. The molecular weight excluding hydrogens is 269 g/mol. The maximum Gasteiger partial charge on any atom is 0.129 e. The number of nitrogens with one attached hydrogen (secondary N) is 1. The second-order valence-electron chi connectivity index (χ2n) is 4.65. The van der Waals surface area contributed by atoms with Crippen molar-refractivity contribution in [1.82, 2.24) is 5.32 Å². The highest BCUT2D eigenvalue weighted by Gasteiger charge is 2.05. The highest BCUT2D eigenvalue weighted by atomic mass is 19.1. The van der Waals surface area contributed by atoms with Crippen molar-refractivity contribution < 1.29 is 13.9 Å². The molecule has 2 rings (SSSR count). The van der Waals surface area contributed by atoms with Crippen molar-refractivity contribution in [2.45, 2.75) is 20.1 Å². The molecule has 0 unspecified atom stereocenters. The SMILES string of the molecule is CCOc1ccc(OCc2cc(CNC)ccc2F)cc1. The van der Waals surface area contributed by atoms with E-state index in [1.807, 2.05) is 44.3 Å². The van der Waals surface area contributed by atoms with Gasteiger partial charge in [-0.15, -0.1) is 0 Å². The molecule has 0 atom stereocenters. The van der Waals surface area contributed by atoms with E-state index in [4.69, 9.17) is 9.47 Å². The summed E-state index contributed by atoms with van der Waals surface area (Å²) in [6, 6.07) is 12.4. The first-order valence-electron chi connectivity index (χ1n) is 7.00. The molecule has 112 valence electrons. The van der Waals surface area contributed by atoms with Crippen LogP contribution in [0.4, 0.5) is 4.39 Å². The predicted octanol–water partition coefficient (Wildman–Crippen LogP) is 3.52. The zero-order chi connectivity index (χ0) is 15.1. The van der Waals surface area contributed by atoms with Crippen LogP contribution in [-0.2, 0) is 13.2 Å². The number of halogens is 1. The van der Waals surface area contributed by atoms with Crippen LogP contribution in [0, 0.1) is 5.82 Å². The van der Waals surface area contributed by atoms with E-state index in [9.17, 15) is 4.39 Å². The van der Waals surface area contributed by atoms with Gasteiger partial charge in [0, 0.05) is 12.1 Å². The molecule has 0 heterocycles. The lowest BCUT2D eigenvalue weighted by atomic mass is 10.1. The van der Waals surface area contributed by atoms with Gasteiger partial charge in [-0.05, 0) is 55.9 Å². The zero-order valence-corrected chi connectivity index (χ0v) is 12.4. The first-order valence-corrected chi connectivity index (χ1v) is 7.00. The molecule has 1 N–H and O–H groups in total. The quantitative estimate of drug-likeness (QED) is 0.846. The zero-order valence-electron chi connectivity index (χ0n) is 12.4. The average molecular weight is 289 g/mol. The molecule has 4 heteroatoms. The molecule has 3 nitrogen and oxygen atoms in total. The van der Waals surface area contributed by atoms with Crippen molar-refractivity contribution >= 4 is 0 Å². The van der Waals surface area contributed by atoms with Crippen LogP contribution >= 0.6 is 0 Å². The molecule has 0 spiro atoms. The van der Waals surface area contributed by atoms with Crippen molar-refractivity contribution in [3.63, 3.8) is 0 Å². The first-order chi connectivity index (χ1) is 10.2. The molecule has 0 aromatic heterocycles. The molecule has 2 aromatic rings. The minimum Gasteiger partial charge on any atom is -0.494 e. The Morgan fingerprint density at radius 3 is 2.29 bits per heavy atom. The van der Waals surface area contributed by atoms with Gasteiger partial charge in [0.15, 0.2) is 0 Å². The molecule has 0 amide bonds. The Bertz CT molecular complexity index is 570. The lowest BCUT2D eigenvalue weighted by Gasteiger charge is -2.10. The summed E-state index contributed by atoms with van der Waals surface area (Å²) in [6.07, 6.45) is 0. The van der Waals surface area contributed by atoms with Gasteiger partial charge in [0.1, 0.15) is 23.9 Å². The van der Waals surface area contributed by atoms with Gasteiger partial charge in [-0.1, -0.05) is 6.07 Å². The van der Waals surface area contributed by atoms with Gasteiger partial charge in [0.25, 0.3) is 0 Å². The van der Waals surface area contributed by atoms with E-state index in [0.29, 0.717) is 24.5 Å². The maximum atomic E-state index is 13.8. The third kappa shape index (κ3) is 4.46. The van der Waals surface area contributed by atoms with Crippen molar-refractivity contribution in [2.24, 2.45) is 0 Å². The van der Waals surface area contributed by atoms with Crippen LogP contribution in [0.15, 0.2) is 42.5 Å². The molecule has 2 aromatic carbocycles. The lowest BCUT2D eigenvalue weighted by Crippen LogP contribution is -2.07. The largest absolute Gasteiger partial charge is 0.494 e. The molecular formula is C17H20FNO2. The number of hydrogen-bond acceptors (Lipinski definition) is 3. The van der Waals surface area contributed by atoms with E-state index in [-0.39, 0.29) is 12.4 Å². The second kappa shape index (κ2) is 7.64. The Balaban J connectivity index is 2.00. The lowest BCUT2D eigenvalue weighted by molar-refractivity contribution is 0.298. The Morgan fingerprint density at radius 2 is 1.67 bits per heavy atom. The fourth-order valence-corrected chi connectivity index (χ4v) is 2.01. The fraction of sp³-hybridized carbons (Fsp3) is 0.294. The summed E-state index contributed by atoms with van der Waals surface area (Å²) in [5.74, 6) is 1.24. The Morgan fingerprint density at radius 1 is 1.00 bits per heavy atom. The van der Waals surface area contributed by atoms with Crippen LogP contribution in [-0.4, -0.2) is 13.7 Å². The van der Waals surface area contributed by atoms with Gasteiger partial charge in [0.05, 0.1) is 6.61 Å². The van der Waals surface area contributed by atoms with Gasteiger partial charge in [-0.3, -0.25) is 0 Å². The molecule has 0 saturated heterocycles. The predicted molar refractivity (Wildman–Crippen MR) is 81.1 cm³/mol. The van der Waals surface area contributed by atoms with Crippen molar-refractivity contribution in [3.8, 4) is 11.5 Å². The van der Waals surface area contributed by atoms with Crippen LogP contribution in [0.5, 0.6) is 11.5 Å². The van der Waals surface area contributed by atoms with Crippen molar-refractivity contribution in [2.75, 3.05) is 13.7 Å². The van der Waals surface area contributed by atoms with Gasteiger partial charge in [-0.25, -0.2) is 4.39 Å². The van der Waals surface area contributed by atoms with Gasteiger partial charge in [0.2, 0.25) is 0 Å². The third-order valence-electron chi connectivity index (χ3n) is 3.02. The monoisotopic (exact) mass is 289 g/mol. The van der Waals surface area contributed by atoms with Gasteiger partial charge >= 0.3 is 0 Å². The van der Waals surface area contributed by atoms with E-state index >= 15 is 0 Å². The molecule has 21 heavy (non-hydrogen) atoms. The minimum atomic E-state index is -0.249. The molecule has 0 radical (unpaired) electrons. The van der Waals surface area contributed by atoms with E-state index in [2.05, 4.69) is 5.32 Å². The molecule has 0 aliphatic heterocycles. The van der Waals surface area contributed by atoms with E-state index in [0.717, 1.165) is 11.3 Å². The Labute approximate surface area is 124 Å². The maximum absolute atomic E-state index is 13.8. The molecule has 0 fully saturated rings.